The van der Waals surface area contributed by atoms with E-state index in [2.05, 4.69) is 10.1 Å². The summed E-state index contributed by atoms with van der Waals surface area (Å²) in [7, 11) is 1.79. The van der Waals surface area contributed by atoms with Crippen LogP contribution in [0.5, 0.6) is 0 Å². The van der Waals surface area contributed by atoms with Crippen molar-refractivity contribution in [1.29, 1.82) is 0 Å². The summed E-state index contributed by atoms with van der Waals surface area (Å²) < 4.78 is 1.61. The topological polar surface area (TPSA) is 30.7 Å². The summed E-state index contributed by atoms with van der Waals surface area (Å²) >= 11 is 11.9. The Hall–Kier alpha value is -0.770. The highest BCUT2D eigenvalue weighted by atomic mass is 35.5. The lowest BCUT2D eigenvalue weighted by Crippen LogP contribution is -1.89. The zero-order valence-corrected chi connectivity index (χ0v) is 10.9. The van der Waals surface area contributed by atoms with Gasteiger partial charge in [-0.3, -0.25) is 9.67 Å². The average molecular weight is 279 g/mol. The van der Waals surface area contributed by atoms with Crippen LogP contribution in [0.15, 0.2) is 24.5 Å². The second-order valence-electron chi connectivity index (χ2n) is 3.12. The van der Waals surface area contributed by atoms with E-state index in [9.17, 15) is 0 Å². The smallest absolute Gasteiger partial charge is 0.131 e. The molecule has 0 spiro atoms. The van der Waals surface area contributed by atoms with Crippen molar-refractivity contribution in [2.75, 3.05) is 0 Å². The van der Waals surface area contributed by atoms with Gasteiger partial charge in [0.25, 0.3) is 0 Å². The van der Waals surface area contributed by atoms with Crippen molar-refractivity contribution in [3.05, 3.63) is 35.2 Å². The summed E-state index contributed by atoms with van der Waals surface area (Å²) in [6, 6.07) is 3.79. The van der Waals surface area contributed by atoms with Gasteiger partial charge >= 0.3 is 0 Å². The van der Waals surface area contributed by atoms with Gasteiger partial charge in [0.15, 0.2) is 0 Å². The van der Waals surface area contributed by atoms with Crippen LogP contribution in [0, 0.1) is 0 Å². The van der Waals surface area contributed by atoms with E-state index in [1.54, 1.807) is 24.1 Å². The Morgan fingerprint density at radius 3 is 2.75 bits per heavy atom. The zero-order valence-electron chi connectivity index (χ0n) is 8.52. The lowest BCUT2D eigenvalue weighted by atomic mass is 10.1. The summed E-state index contributed by atoms with van der Waals surface area (Å²) in [5, 5.41) is 4.88. The van der Waals surface area contributed by atoms with Crippen LogP contribution >= 0.6 is 35.6 Å². The quantitative estimate of drug-likeness (QED) is 0.789. The van der Waals surface area contributed by atoms with Crippen molar-refractivity contribution in [2.45, 2.75) is 5.88 Å². The van der Waals surface area contributed by atoms with E-state index < -0.39 is 0 Å². The summed E-state index contributed by atoms with van der Waals surface area (Å²) in [5.74, 6) is 0.344. The molecule has 2 aromatic rings. The summed E-state index contributed by atoms with van der Waals surface area (Å²) in [5.41, 5.74) is 2.56. The molecule has 0 aliphatic heterocycles. The normalized spacial score (nSPS) is 9.94. The van der Waals surface area contributed by atoms with E-state index in [1.807, 2.05) is 12.1 Å². The number of hydrogen-bond donors (Lipinski definition) is 0. The third-order valence-electron chi connectivity index (χ3n) is 2.14. The summed E-state index contributed by atoms with van der Waals surface area (Å²) in [6.45, 7) is 0. The van der Waals surface area contributed by atoms with Crippen LogP contribution in [-0.4, -0.2) is 14.8 Å². The third kappa shape index (κ3) is 2.32. The van der Waals surface area contributed by atoms with Crippen molar-refractivity contribution < 1.29 is 0 Å². The van der Waals surface area contributed by atoms with Crippen LogP contribution in [0.25, 0.3) is 11.3 Å². The molecule has 0 unspecified atom stereocenters. The largest absolute Gasteiger partial charge is 0.264 e. The molecule has 2 rings (SSSR count). The Kier molecular flexibility index (Phi) is 4.59. The fourth-order valence-corrected chi connectivity index (χ4v) is 1.92. The van der Waals surface area contributed by atoms with Crippen molar-refractivity contribution in [1.82, 2.24) is 14.8 Å². The van der Waals surface area contributed by atoms with Crippen molar-refractivity contribution in [3.8, 4) is 11.3 Å². The van der Waals surface area contributed by atoms with Gasteiger partial charge in [-0.25, -0.2) is 0 Å². The first-order chi connectivity index (χ1) is 7.24. The predicted molar refractivity (Wildman–Crippen MR) is 68.3 cm³/mol. The molecule has 0 aliphatic rings. The number of hydrogen-bond acceptors (Lipinski definition) is 2. The minimum absolute atomic E-state index is 0. The van der Waals surface area contributed by atoms with Crippen molar-refractivity contribution in [2.24, 2.45) is 7.05 Å². The standard InChI is InChI=1S/C10H9Cl2N3.ClH/c1-15-10(12)8(5-11)9(14-15)7-3-2-4-13-6-7;/h2-4,6H,5H2,1H3;1H. The number of aromatic nitrogens is 3. The Morgan fingerprint density at radius 2 is 2.19 bits per heavy atom. The highest BCUT2D eigenvalue weighted by Gasteiger charge is 2.14. The first kappa shape index (κ1) is 13.3. The summed E-state index contributed by atoms with van der Waals surface area (Å²) in [4.78, 5) is 4.04. The second kappa shape index (κ2) is 5.53. The molecule has 3 nitrogen and oxygen atoms in total. The molecule has 6 heteroatoms. The highest BCUT2D eigenvalue weighted by Crippen LogP contribution is 2.28. The second-order valence-corrected chi connectivity index (χ2v) is 3.74. The molecular weight excluding hydrogens is 268 g/mol. The minimum atomic E-state index is 0. The van der Waals surface area contributed by atoms with Crippen molar-refractivity contribution >= 4 is 35.6 Å². The average Bonchev–Trinajstić information content (AvgIpc) is 2.56. The zero-order chi connectivity index (χ0) is 10.8. The fraction of sp³-hybridized carbons (Fsp3) is 0.200. The van der Waals surface area contributed by atoms with Gasteiger partial charge in [-0.05, 0) is 12.1 Å². The van der Waals surface area contributed by atoms with Gasteiger partial charge in [-0.15, -0.1) is 24.0 Å². The van der Waals surface area contributed by atoms with Gasteiger partial charge in [-0.2, -0.15) is 5.10 Å². The Bertz CT molecular complexity index is 468. The van der Waals surface area contributed by atoms with Crippen LogP contribution < -0.4 is 0 Å². The van der Waals surface area contributed by atoms with Gasteiger partial charge in [-0.1, -0.05) is 11.6 Å². The number of pyridine rings is 1. The number of halogens is 3. The first-order valence-electron chi connectivity index (χ1n) is 4.41. The Morgan fingerprint density at radius 1 is 1.44 bits per heavy atom. The molecule has 0 saturated carbocycles. The van der Waals surface area contributed by atoms with E-state index >= 15 is 0 Å². The van der Waals surface area contributed by atoms with Gasteiger partial charge in [0.05, 0.1) is 11.6 Å². The first-order valence-corrected chi connectivity index (χ1v) is 5.33. The molecule has 16 heavy (non-hydrogen) atoms. The maximum atomic E-state index is 6.06. The van der Waals surface area contributed by atoms with E-state index in [0.717, 1.165) is 16.8 Å². The molecule has 0 aliphatic carbocycles. The molecule has 0 amide bonds. The molecule has 2 aromatic heterocycles. The number of alkyl halides is 1. The molecule has 0 atom stereocenters. The summed E-state index contributed by atoms with van der Waals surface area (Å²) in [6.07, 6.45) is 3.46. The molecule has 0 aromatic carbocycles. The van der Waals surface area contributed by atoms with Crippen LogP contribution in [-0.2, 0) is 12.9 Å². The van der Waals surface area contributed by atoms with Gasteiger partial charge in [0, 0.05) is 30.6 Å². The maximum absolute atomic E-state index is 6.06. The molecule has 0 fully saturated rings. The number of rotatable bonds is 2. The Balaban J connectivity index is 0.00000128. The fourth-order valence-electron chi connectivity index (χ4n) is 1.40. The van der Waals surface area contributed by atoms with E-state index in [0.29, 0.717) is 11.0 Å². The van der Waals surface area contributed by atoms with Crippen molar-refractivity contribution in [3.63, 3.8) is 0 Å². The lowest BCUT2D eigenvalue weighted by molar-refractivity contribution is 0.771. The molecule has 2 heterocycles. The van der Waals surface area contributed by atoms with E-state index in [4.69, 9.17) is 23.2 Å². The lowest BCUT2D eigenvalue weighted by Gasteiger charge is -1.97. The SMILES string of the molecule is Cl.Cn1nc(-c2cccnc2)c(CCl)c1Cl. The minimum Gasteiger partial charge on any atom is -0.264 e. The van der Waals surface area contributed by atoms with Crippen LogP contribution in [0.2, 0.25) is 5.15 Å². The molecule has 0 bridgehead atoms. The van der Waals surface area contributed by atoms with E-state index in [-0.39, 0.29) is 12.4 Å². The highest BCUT2D eigenvalue weighted by molar-refractivity contribution is 6.31. The van der Waals surface area contributed by atoms with Gasteiger partial charge < -0.3 is 0 Å². The molecule has 0 saturated heterocycles. The van der Waals surface area contributed by atoms with E-state index in [1.165, 1.54) is 0 Å². The Labute approximate surface area is 110 Å². The third-order valence-corrected chi connectivity index (χ3v) is 2.88. The van der Waals surface area contributed by atoms with Crippen LogP contribution in [0.3, 0.4) is 0 Å². The van der Waals surface area contributed by atoms with Crippen LogP contribution in [0.4, 0.5) is 0 Å². The number of nitrogens with zero attached hydrogens (tertiary/aromatic N) is 3. The molecule has 0 radical (unpaired) electrons. The van der Waals surface area contributed by atoms with Crippen LogP contribution in [0.1, 0.15) is 5.56 Å². The molecular formula is C10H10Cl3N3. The maximum Gasteiger partial charge on any atom is 0.131 e. The van der Waals surface area contributed by atoms with Gasteiger partial charge in [0.2, 0.25) is 0 Å². The number of aryl methyl sites for hydroxylation is 1. The predicted octanol–water partition coefficient (Wildman–Crippen LogP) is 3.30. The monoisotopic (exact) mass is 277 g/mol. The molecule has 86 valence electrons. The van der Waals surface area contributed by atoms with Gasteiger partial charge in [0.1, 0.15) is 5.15 Å². The molecule has 0 N–H and O–H groups in total.